The molecule has 2 bridgehead atoms. The molecule has 2 atom stereocenters. The number of fused-ring (bicyclic) bond motifs is 2. The average Bonchev–Trinajstić information content (AvgIpc) is 2.64. The van der Waals surface area contributed by atoms with Gasteiger partial charge in [-0.25, -0.2) is 0 Å². The lowest BCUT2D eigenvalue weighted by Crippen LogP contribution is -2.47. The normalized spacial score (nSPS) is 40.0. The Kier molecular flexibility index (Phi) is 1.84. The molecular weight excluding hydrogens is 212 g/mol. The van der Waals surface area contributed by atoms with Crippen molar-refractivity contribution < 1.29 is 24.6 Å². The van der Waals surface area contributed by atoms with Crippen LogP contribution < -0.4 is 0 Å². The first-order valence-electron chi connectivity index (χ1n) is 5.22. The molecule has 0 saturated heterocycles. The molecule has 16 heavy (non-hydrogen) atoms. The highest BCUT2D eigenvalue weighted by Gasteiger charge is 2.75. The Hall–Kier alpha value is -1.39. The molecule has 5 nitrogen and oxygen atoms in total. The van der Waals surface area contributed by atoms with Crippen LogP contribution in [-0.2, 0) is 14.4 Å². The number of carbonyl (C=O) groups excluding carboxylic acids is 1. The van der Waals surface area contributed by atoms with Gasteiger partial charge >= 0.3 is 11.9 Å². The van der Waals surface area contributed by atoms with Gasteiger partial charge in [0.15, 0.2) is 5.78 Å². The van der Waals surface area contributed by atoms with E-state index in [4.69, 9.17) is 0 Å². The lowest BCUT2D eigenvalue weighted by molar-refractivity contribution is -0.162. The van der Waals surface area contributed by atoms with E-state index < -0.39 is 34.0 Å². The summed E-state index contributed by atoms with van der Waals surface area (Å²) in [5.41, 5.74) is -3.74. The van der Waals surface area contributed by atoms with Crippen LogP contribution in [0.2, 0.25) is 0 Å². The third-order valence-electron chi connectivity index (χ3n) is 4.60. The Morgan fingerprint density at radius 1 is 1.12 bits per heavy atom. The van der Waals surface area contributed by atoms with Crippen LogP contribution in [0.15, 0.2) is 0 Å². The molecule has 5 heteroatoms. The number of aliphatic carboxylic acids is 2. The van der Waals surface area contributed by atoms with Gasteiger partial charge in [-0.15, -0.1) is 0 Å². The molecule has 0 radical (unpaired) electrons. The molecule has 2 saturated carbocycles. The van der Waals surface area contributed by atoms with Gasteiger partial charge in [-0.3, -0.25) is 14.4 Å². The molecule has 0 amide bonds. The molecule has 2 fully saturated rings. The van der Waals surface area contributed by atoms with Crippen LogP contribution in [-0.4, -0.2) is 27.9 Å². The van der Waals surface area contributed by atoms with Crippen molar-refractivity contribution in [3.05, 3.63) is 0 Å². The summed E-state index contributed by atoms with van der Waals surface area (Å²) in [5, 5.41) is 18.5. The third-order valence-corrected chi connectivity index (χ3v) is 4.60. The lowest BCUT2D eigenvalue weighted by Gasteiger charge is -2.37. The quantitative estimate of drug-likeness (QED) is 0.683. The summed E-state index contributed by atoms with van der Waals surface area (Å²) >= 11 is 0. The minimum absolute atomic E-state index is 0.0590. The molecule has 2 N–H and O–H groups in total. The highest BCUT2D eigenvalue weighted by molar-refractivity contribution is 6.12. The van der Waals surface area contributed by atoms with E-state index in [1.165, 1.54) is 0 Å². The summed E-state index contributed by atoms with van der Waals surface area (Å²) in [7, 11) is 0. The largest absolute Gasteiger partial charge is 0.481 e. The molecular formula is C11H14O5. The Morgan fingerprint density at radius 3 is 2.00 bits per heavy atom. The fourth-order valence-corrected chi connectivity index (χ4v) is 3.39. The van der Waals surface area contributed by atoms with E-state index in [1.807, 2.05) is 0 Å². The van der Waals surface area contributed by atoms with Gasteiger partial charge in [0.1, 0.15) is 5.41 Å². The molecule has 0 aromatic heterocycles. The number of rotatable bonds is 2. The minimum atomic E-state index is -1.46. The lowest BCUT2D eigenvalue weighted by atomic mass is 9.63. The van der Waals surface area contributed by atoms with E-state index >= 15 is 0 Å². The Balaban J connectivity index is 2.61. The van der Waals surface area contributed by atoms with Gasteiger partial charge in [-0.1, -0.05) is 13.8 Å². The number of carboxylic acid groups (broad SMARTS) is 2. The van der Waals surface area contributed by atoms with Crippen LogP contribution in [0.4, 0.5) is 0 Å². The maximum absolute atomic E-state index is 12.1. The number of Topliss-reactive ketones (excluding diaryl/α,β-unsaturated/α-hetero) is 1. The molecule has 2 rings (SSSR count). The van der Waals surface area contributed by atoms with Crippen molar-refractivity contribution in [3.63, 3.8) is 0 Å². The van der Waals surface area contributed by atoms with E-state index in [2.05, 4.69) is 0 Å². The first-order valence-corrected chi connectivity index (χ1v) is 5.22. The summed E-state index contributed by atoms with van der Waals surface area (Å²) in [6.45, 7) is 3.10. The summed E-state index contributed by atoms with van der Waals surface area (Å²) in [4.78, 5) is 34.7. The number of hydrogen-bond acceptors (Lipinski definition) is 3. The van der Waals surface area contributed by atoms with Crippen molar-refractivity contribution >= 4 is 17.7 Å². The molecule has 0 unspecified atom stereocenters. The topological polar surface area (TPSA) is 91.7 Å². The first kappa shape index (κ1) is 11.1. The molecule has 2 aliphatic rings. The summed E-state index contributed by atoms with van der Waals surface area (Å²) in [6, 6.07) is 0. The molecule has 2 aliphatic carbocycles. The highest BCUT2D eigenvalue weighted by atomic mass is 16.4. The fourth-order valence-electron chi connectivity index (χ4n) is 3.39. The van der Waals surface area contributed by atoms with Crippen LogP contribution in [0.3, 0.4) is 0 Å². The van der Waals surface area contributed by atoms with Crippen LogP contribution in [0.25, 0.3) is 0 Å². The zero-order valence-corrected chi connectivity index (χ0v) is 9.24. The number of carboxylic acids is 2. The van der Waals surface area contributed by atoms with Crippen molar-refractivity contribution in [3.8, 4) is 0 Å². The second-order valence-electron chi connectivity index (χ2n) is 5.41. The van der Waals surface area contributed by atoms with Crippen LogP contribution in [0.1, 0.15) is 33.1 Å². The first-order chi connectivity index (χ1) is 7.21. The molecule has 0 aromatic carbocycles. The zero-order chi connectivity index (χ0) is 12.4. The van der Waals surface area contributed by atoms with Crippen LogP contribution in [0.5, 0.6) is 0 Å². The Labute approximate surface area is 92.5 Å². The maximum Gasteiger partial charge on any atom is 0.317 e. The number of carbonyl (C=O) groups is 3. The van der Waals surface area contributed by atoms with Gasteiger partial charge in [-0.05, 0) is 19.3 Å². The van der Waals surface area contributed by atoms with Crippen molar-refractivity contribution in [2.45, 2.75) is 33.1 Å². The monoisotopic (exact) mass is 226 g/mol. The standard InChI is InChI=1S/C11H14O5/c1-9(2)6(12)10(7(13)14)3-4-11(9,5-10)8(15)16/h3-5H2,1-2H3,(H,13,14)(H,15,16)/t10-,11-/m0/s1. The van der Waals surface area contributed by atoms with Gasteiger partial charge in [0.05, 0.1) is 5.41 Å². The van der Waals surface area contributed by atoms with Gasteiger partial charge in [0.25, 0.3) is 0 Å². The van der Waals surface area contributed by atoms with Gasteiger partial charge in [-0.2, -0.15) is 0 Å². The van der Waals surface area contributed by atoms with Crippen LogP contribution in [0, 0.1) is 16.2 Å². The number of ketones is 1. The predicted octanol–water partition coefficient (Wildman–Crippen LogP) is 0.921. The fraction of sp³-hybridized carbons (Fsp3) is 0.727. The minimum Gasteiger partial charge on any atom is -0.481 e. The predicted molar refractivity (Wildman–Crippen MR) is 52.8 cm³/mol. The van der Waals surface area contributed by atoms with Crippen molar-refractivity contribution in [1.82, 2.24) is 0 Å². The van der Waals surface area contributed by atoms with Crippen molar-refractivity contribution in [2.24, 2.45) is 16.2 Å². The van der Waals surface area contributed by atoms with Crippen molar-refractivity contribution in [2.75, 3.05) is 0 Å². The zero-order valence-electron chi connectivity index (χ0n) is 9.24. The maximum atomic E-state index is 12.1. The smallest absolute Gasteiger partial charge is 0.317 e. The molecule has 0 aromatic rings. The summed E-state index contributed by atoms with van der Waals surface area (Å²) in [6.07, 6.45) is 0.362. The van der Waals surface area contributed by atoms with E-state index in [-0.39, 0.29) is 19.3 Å². The SMILES string of the molecule is CC1(C)C(=O)[C@]2(C(=O)O)CC[C@@]1(C(=O)O)C2. The van der Waals surface area contributed by atoms with Crippen LogP contribution >= 0.6 is 0 Å². The van der Waals surface area contributed by atoms with Gasteiger partial charge in [0, 0.05) is 5.41 Å². The molecule has 0 spiro atoms. The highest BCUT2D eigenvalue weighted by Crippen LogP contribution is 2.67. The van der Waals surface area contributed by atoms with E-state index in [9.17, 15) is 24.6 Å². The van der Waals surface area contributed by atoms with Gasteiger partial charge < -0.3 is 10.2 Å². The molecule has 0 aliphatic heterocycles. The Morgan fingerprint density at radius 2 is 1.69 bits per heavy atom. The third kappa shape index (κ3) is 0.854. The van der Waals surface area contributed by atoms with Gasteiger partial charge in [0.2, 0.25) is 0 Å². The van der Waals surface area contributed by atoms with E-state index in [0.29, 0.717) is 0 Å². The second kappa shape index (κ2) is 2.64. The molecule has 88 valence electrons. The van der Waals surface area contributed by atoms with Crippen molar-refractivity contribution in [1.29, 1.82) is 0 Å². The van der Waals surface area contributed by atoms with E-state index in [1.54, 1.807) is 13.8 Å². The second-order valence-corrected chi connectivity index (χ2v) is 5.41. The molecule has 0 heterocycles. The van der Waals surface area contributed by atoms with E-state index in [0.717, 1.165) is 0 Å². The Bertz CT molecular complexity index is 411. The summed E-state index contributed by atoms with van der Waals surface area (Å²) in [5.74, 6) is -2.65. The summed E-state index contributed by atoms with van der Waals surface area (Å²) < 4.78 is 0. The number of hydrogen-bond donors (Lipinski definition) is 2. The average molecular weight is 226 g/mol.